The maximum Gasteiger partial charge on any atom is 0.0157 e. The lowest BCUT2D eigenvalue weighted by atomic mass is 9.96. The summed E-state index contributed by atoms with van der Waals surface area (Å²) in [5.74, 6) is 0. The van der Waals surface area contributed by atoms with Gasteiger partial charge in [0.2, 0.25) is 0 Å². The van der Waals surface area contributed by atoms with E-state index >= 15 is 0 Å². The Bertz CT molecular complexity index is 882. The molecule has 0 saturated carbocycles. The summed E-state index contributed by atoms with van der Waals surface area (Å²) < 4.78 is 0. The minimum absolute atomic E-state index is 1.25. The van der Waals surface area contributed by atoms with Gasteiger partial charge in [-0.15, -0.1) is 0 Å². The van der Waals surface area contributed by atoms with Gasteiger partial charge < -0.3 is 0 Å². The summed E-state index contributed by atoms with van der Waals surface area (Å²) in [5.41, 5.74) is 6.64. The molecule has 0 fully saturated rings. The van der Waals surface area contributed by atoms with Crippen LogP contribution in [-0.4, -0.2) is 0 Å². The molecule has 0 unspecified atom stereocenters. The van der Waals surface area contributed by atoms with Crippen LogP contribution in [0.5, 0.6) is 0 Å². The fourth-order valence-electron chi connectivity index (χ4n) is 6.92. The molecular formula is C44H74S. The predicted octanol–water partition coefficient (Wildman–Crippen LogP) is 15.4. The van der Waals surface area contributed by atoms with Gasteiger partial charge in [0.1, 0.15) is 0 Å². The Labute approximate surface area is 286 Å². The van der Waals surface area contributed by atoms with Gasteiger partial charge in [0.15, 0.2) is 0 Å². The van der Waals surface area contributed by atoms with Crippen LogP contribution in [0.1, 0.15) is 204 Å². The van der Waals surface area contributed by atoms with E-state index in [1.54, 1.807) is 32.0 Å². The van der Waals surface area contributed by atoms with Crippen LogP contribution in [0.25, 0.3) is 0 Å². The molecule has 0 atom stereocenters. The molecule has 0 aromatic heterocycles. The second kappa shape index (κ2) is 27.9. The molecule has 2 aromatic carbocycles. The predicted molar refractivity (Wildman–Crippen MR) is 205 cm³/mol. The molecule has 0 aliphatic heterocycles. The van der Waals surface area contributed by atoms with Gasteiger partial charge in [0.25, 0.3) is 0 Å². The molecule has 45 heavy (non-hydrogen) atoms. The molecule has 0 radical (unpaired) electrons. The third kappa shape index (κ3) is 18.1. The quantitative estimate of drug-likeness (QED) is 0.0770. The van der Waals surface area contributed by atoms with E-state index in [1.807, 2.05) is 0 Å². The van der Waals surface area contributed by atoms with Crippen molar-refractivity contribution in [3.8, 4) is 0 Å². The normalized spacial score (nSPS) is 11.5. The fourth-order valence-corrected chi connectivity index (χ4v) is 8.17. The highest BCUT2D eigenvalue weighted by molar-refractivity contribution is 7.99. The van der Waals surface area contributed by atoms with E-state index < -0.39 is 0 Å². The molecule has 0 aliphatic carbocycles. The Morgan fingerprint density at radius 1 is 0.333 bits per heavy atom. The van der Waals surface area contributed by atoms with Crippen molar-refractivity contribution >= 4 is 11.8 Å². The Morgan fingerprint density at radius 2 is 0.622 bits per heavy atom. The SMILES string of the molecule is CCCCCCCCc1cccc(Sc2cccc(CCCCCCCC)c2CCCCCCCC)c1CCCCCCCC. The third-order valence-electron chi connectivity index (χ3n) is 9.84. The van der Waals surface area contributed by atoms with Gasteiger partial charge in [-0.1, -0.05) is 192 Å². The monoisotopic (exact) mass is 635 g/mol. The van der Waals surface area contributed by atoms with Crippen molar-refractivity contribution in [2.45, 2.75) is 217 Å². The van der Waals surface area contributed by atoms with Crippen molar-refractivity contribution in [3.63, 3.8) is 0 Å². The molecule has 0 nitrogen and oxygen atoms in total. The van der Waals surface area contributed by atoms with E-state index in [0.717, 1.165) is 0 Å². The summed E-state index contributed by atoms with van der Waals surface area (Å²) >= 11 is 2.11. The highest BCUT2D eigenvalue weighted by Gasteiger charge is 2.14. The smallest absolute Gasteiger partial charge is 0.0157 e. The topological polar surface area (TPSA) is 0 Å². The first-order valence-electron chi connectivity index (χ1n) is 20.1. The van der Waals surface area contributed by atoms with E-state index in [-0.39, 0.29) is 0 Å². The van der Waals surface area contributed by atoms with Crippen LogP contribution in [0.4, 0.5) is 0 Å². The number of benzene rings is 2. The first kappa shape index (κ1) is 40.0. The molecule has 0 aliphatic rings. The molecule has 0 spiro atoms. The largest absolute Gasteiger partial charge is 0.0895 e. The maximum atomic E-state index is 2.47. The van der Waals surface area contributed by atoms with Crippen molar-refractivity contribution in [1.29, 1.82) is 0 Å². The summed E-state index contributed by atoms with van der Waals surface area (Å²) in [7, 11) is 0. The number of hydrogen-bond acceptors (Lipinski definition) is 1. The molecule has 2 rings (SSSR count). The highest BCUT2D eigenvalue weighted by Crippen LogP contribution is 2.38. The molecular weight excluding hydrogens is 561 g/mol. The van der Waals surface area contributed by atoms with Crippen LogP contribution in [0, 0.1) is 0 Å². The highest BCUT2D eigenvalue weighted by atomic mass is 32.2. The zero-order valence-electron chi connectivity index (χ0n) is 30.7. The standard InChI is InChI=1S/C44H74S/c1-5-9-13-17-21-25-31-39-33-29-37-43(41(39)35-27-23-19-15-11-7-3)45-44-38-30-34-40(32-26-22-18-14-10-6-2)42(44)36-28-24-20-16-12-8-4/h29-30,33-34,37-38H,5-28,31-32,35-36H2,1-4H3. The Balaban J connectivity index is 2.22. The molecule has 256 valence electrons. The van der Waals surface area contributed by atoms with Gasteiger partial charge in [0.05, 0.1) is 0 Å². The van der Waals surface area contributed by atoms with Crippen LogP contribution < -0.4 is 0 Å². The Hall–Kier alpha value is -1.21. The van der Waals surface area contributed by atoms with Crippen LogP contribution in [0.3, 0.4) is 0 Å². The molecule has 1 heteroatoms. The van der Waals surface area contributed by atoms with Crippen LogP contribution in [0.2, 0.25) is 0 Å². The Kier molecular flexibility index (Phi) is 24.7. The number of unbranched alkanes of at least 4 members (excludes halogenated alkanes) is 20. The second-order valence-corrected chi connectivity index (χ2v) is 15.0. The minimum Gasteiger partial charge on any atom is -0.0895 e. The average molecular weight is 635 g/mol. The minimum atomic E-state index is 1.25. The van der Waals surface area contributed by atoms with Gasteiger partial charge in [-0.2, -0.15) is 0 Å². The summed E-state index contributed by atoms with van der Waals surface area (Å²) in [6, 6.07) is 14.6. The van der Waals surface area contributed by atoms with Gasteiger partial charge >= 0.3 is 0 Å². The first-order valence-corrected chi connectivity index (χ1v) is 21.0. The van der Waals surface area contributed by atoms with Crippen LogP contribution >= 0.6 is 11.8 Å². The maximum absolute atomic E-state index is 2.47. The summed E-state index contributed by atoms with van der Waals surface area (Å²) in [5, 5.41) is 0. The van der Waals surface area contributed by atoms with Gasteiger partial charge in [-0.3, -0.25) is 0 Å². The van der Waals surface area contributed by atoms with E-state index in [2.05, 4.69) is 75.9 Å². The van der Waals surface area contributed by atoms with Crippen molar-refractivity contribution in [1.82, 2.24) is 0 Å². The van der Waals surface area contributed by atoms with E-state index in [0.29, 0.717) is 0 Å². The zero-order chi connectivity index (χ0) is 32.2. The van der Waals surface area contributed by atoms with E-state index in [9.17, 15) is 0 Å². The fraction of sp³-hybridized carbons (Fsp3) is 0.727. The molecule has 0 amide bonds. The average Bonchev–Trinajstić information content (AvgIpc) is 3.05. The summed E-state index contributed by atoms with van der Waals surface area (Å²) in [6.07, 6.45) is 38.1. The van der Waals surface area contributed by atoms with Gasteiger partial charge in [-0.05, 0) is 85.8 Å². The molecule has 0 saturated heterocycles. The van der Waals surface area contributed by atoms with Gasteiger partial charge in [0, 0.05) is 9.79 Å². The molecule has 0 heterocycles. The van der Waals surface area contributed by atoms with Crippen LogP contribution in [-0.2, 0) is 25.7 Å². The molecule has 0 bridgehead atoms. The summed E-state index contributed by atoms with van der Waals surface area (Å²) in [4.78, 5) is 3.10. The number of aryl methyl sites for hydroxylation is 2. The summed E-state index contributed by atoms with van der Waals surface area (Å²) in [6.45, 7) is 9.29. The zero-order valence-corrected chi connectivity index (χ0v) is 31.5. The Morgan fingerprint density at radius 3 is 0.956 bits per heavy atom. The lowest BCUT2D eigenvalue weighted by Gasteiger charge is -2.19. The molecule has 0 N–H and O–H groups in total. The van der Waals surface area contributed by atoms with Crippen LogP contribution in [0.15, 0.2) is 46.2 Å². The van der Waals surface area contributed by atoms with Crippen molar-refractivity contribution in [3.05, 3.63) is 58.7 Å². The van der Waals surface area contributed by atoms with E-state index in [4.69, 9.17) is 0 Å². The van der Waals surface area contributed by atoms with Crippen molar-refractivity contribution < 1.29 is 0 Å². The first-order chi connectivity index (χ1) is 22.2. The van der Waals surface area contributed by atoms with E-state index in [1.165, 1.54) is 180 Å². The third-order valence-corrected chi connectivity index (χ3v) is 11.0. The molecule has 2 aromatic rings. The number of hydrogen-bond donors (Lipinski definition) is 0. The van der Waals surface area contributed by atoms with Crippen molar-refractivity contribution in [2.24, 2.45) is 0 Å². The van der Waals surface area contributed by atoms with Crippen molar-refractivity contribution in [2.75, 3.05) is 0 Å². The van der Waals surface area contributed by atoms with Gasteiger partial charge in [-0.25, -0.2) is 0 Å². The second-order valence-electron chi connectivity index (χ2n) is 14.0. The number of rotatable bonds is 30. The lowest BCUT2D eigenvalue weighted by Crippen LogP contribution is -2.01. The lowest BCUT2D eigenvalue weighted by molar-refractivity contribution is 0.597.